The maximum Gasteiger partial charge on any atom is 0.279 e. The van der Waals surface area contributed by atoms with Gasteiger partial charge in [-0.2, -0.15) is 17.4 Å². The van der Waals surface area contributed by atoms with Crippen LogP contribution in [0.3, 0.4) is 0 Å². The predicted octanol–water partition coefficient (Wildman–Crippen LogP) is 1.69. The summed E-state index contributed by atoms with van der Waals surface area (Å²) in [6.45, 7) is 5.85. The number of nitrogens with zero attached hydrogens (tertiary/aromatic N) is 2. The minimum atomic E-state index is -3.50. The van der Waals surface area contributed by atoms with E-state index >= 15 is 0 Å². The summed E-state index contributed by atoms with van der Waals surface area (Å²) in [5.41, 5.74) is 0.554. The topological polar surface area (TPSA) is 61.9 Å². The van der Waals surface area contributed by atoms with E-state index in [4.69, 9.17) is 4.74 Å². The zero-order chi connectivity index (χ0) is 18.8. The maximum atomic E-state index is 14.1. The lowest BCUT2D eigenvalue weighted by Gasteiger charge is -2.24. The lowest BCUT2D eigenvalue weighted by Crippen LogP contribution is -2.46. The molecule has 0 saturated carbocycles. The van der Waals surface area contributed by atoms with Gasteiger partial charge in [-0.1, -0.05) is 13.8 Å². The second-order valence-electron chi connectivity index (χ2n) is 7.07. The van der Waals surface area contributed by atoms with Crippen LogP contribution in [0.15, 0.2) is 18.2 Å². The summed E-state index contributed by atoms with van der Waals surface area (Å²) in [7, 11) is 1.06. The van der Waals surface area contributed by atoms with E-state index in [0.717, 1.165) is 6.54 Å². The molecule has 0 amide bonds. The molecule has 6 nitrogen and oxygen atoms in total. The predicted molar refractivity (Wildman–Crippen MR) is 96.1 cm³/mol. The van der Waals surface area contributed by atoms with Crippen LogP contribution in [0, 0.1) is 17.7 Å². The Morgan fingerprint density at radius 3 is 2.60 bits per heavy atom. The number of halogens is 1. The fraction of sp³-hybridized carbons (Fsp3) is 0.647. The summed E-state index contributed by atoms with van der Waals surface area (Å²) < 4.78 is 47.6. The first-order chi connectivity index (χ1) is 11.6. The SMILES string of the molecule is COc1ccc(F)c(CN2C[C@@H](NS(=O)(=O)N(C)C)[C@H](C(C)C)C2)c1. The van der Waals surface area contributed by atoms with Gasteiger partial charge in [0.15, 0.2) is 0 Å². The van der Waals surface area contributed by atoms with Crippen LogP contribution in [0.2, 0.25) is 0 Å². The molecule has 0 spiro atoms. The number of hydrogen-bond acceptors (Lipinski definition) is 4. The summed E-state index contributed by atoms with van der Waals surface area (Å²) in [4.78, 5) is 2.09. The molecule has 0 aliphatic carbocycles. The molecule has 1 fully saturated rings. The minimum absolute atomic E-state index is 0.170. The van der Waals surface area contributed by atoms with Crippen molar-refractivity contribution in [2.45, 2.75) is 26.4 Å². The molecule has 1 heterocycles. The lowest BCUT2D eigenvalue weighted by molar-refractivity contribution is 0.291. The molecule has 1 N–H and O–H groups in total. The monoisotopic (exact) mass is 373 g/mol. The van der Waals surface area contributed by atoms with E-state index in [1.54, 1.807) is 19.2 Å². The first-order valence-electron chi connectivity index (χ1n) is 8.38. The highest BCUT2D eigenvalue weighted by molar-refractivity contribution is 7.87. The van der Waals surface area contributed by atoms with Crippen LogP contribution in [0.1, 0.15) is 19.4 Å². The van der Waals surface area contributed by atoms with Gasteiger partial charge in [0.05, 0.1) is 7.11 Å². The van der Waals surface area contributed by atoms with E-state index in [2.05, 4.69) is 23.5 Å². The first kappa shape index (κ1) is 20.1. The van der Waals surface area contributed by atoms with Crippen LogP contribution in [-0.2, 0) is 16.8 Å². The standard InChI is InChI=1S/C17H28FN3O3S/c1-12(2)15-10-21(11-17(15)19-25(22,23)20(3)4)9-13-8-14(24-5)6-7-16(13)18/h6-8,12,15,17,19H,9-11H2,1-5H3/t15-,17+/m0/s1. The number of likely N-dealkylation sites (tertiary alicyclic amines) is 1. The zero-order valence-corrected chi connectivity index (χ0v) is 16.3. The van der Waals surface area contributed by atoms with Crippen molar-refractivity contribution in [3.8, 4) is 5.75 Å². The fourth-order valence-electron chi connectivity index (χ4n) is 3.18. The van der Waals surface area contributed by atoms with Crippen LogP contribution in [-0.4, -0.2) is 58.0 Å². The first-order valence-corrected chi connectivity index (χ1v) is 9.82. The highest BCUT2D eigenvalue weighted by Crippen LogP contribution is 2.27. The molecule has 1 aliphatic rings. The number of hydrogen-bond donors (Lipinski definition) is 1. The van der Waals surface area contributed by atoms with Gasteiger partial charge in [-0.15, -0.1) is 0 Å². The van der Waals surface area contributed by atoms with Crippen molar-refractivity contribution in [1.82, 2.24) is 13.9 Å². The second kappa shape index (κ2) is 7.99. The van der Waals surface area contributed by atoms with Crippen LogP contribution >= 0.6 is 0 Å². The molecule has 2 atom stereocenters. The van der Waals surface area contributed by atoms with Gasteiger partial charge in [-0.3, -0.25) is 4.90 Å². The van der Waals surface area contributed by atoms with Crippen LogP contribution in [0.25, 0.3) is 0 Å². The Labute approximate surface area is 150 Å². The molecular formula is C17H28FN3O3S. The third kappa shape index (κ3) is 4.91. The molecule has 8 heteroatoms. The molecule has 0 bridgehead atoms. The number of ether oxygens (including phenoxy) is 1. The molecule has 1 saturated heterocycles. The van der Waals surface area contributed by atoms with Gasteiger partial charge in [-0.05, 0) is 30.0 Å². The molecule has 1 aromatic rings. The molecule has 0 radical (unpaired) electrons. The van der Waals surface area contributed by atoms with Crippen LogP contribution in [0.4, 0.5) is 4.39 Å². The fourth-order valence-corrected chi connectivity index (χ4v) is 4.02. The van der Waals surface area contributed by atoms with Gasteiger partial charge >= 0.3 is 0 Å². The van der Waals surface area contributed by atoms with E-state index < -0.39 is 10.2 Å². The number of rotatable bonds is 7. The third-order valence-electron chi connectivity index (χ3n) is 4.72. The Bertz CT molecular complexity index is 694. The van der Waals surface area contributed by atoms with E-state index in [1.807, 2.05) is 0 Å². The van der Waals surface area contributed by atoms with Crippen LogP contribution in [0.5, 0.6) is 5.75 Å². The maximum absolute atomic E-state index is 14.1. The minimum Gasteiger partial charge on any atom is -0.497 e. The Hall–Kier alpha value is -1.22. The number of nitrogens with one attached hydrogen (secondary N) is 1. The Morgan fingerprint density at radius 1 is 1.36 bits per heavy atom. The second-order valence-corrected chi connectivity index (χ2v) is 8.99. The average molecular weight is 373 g/mol. The largest absolute Gasteiger partial charge is 0.497 e. The summed E-state index contributed by atoms with van der Waals surface area (Å²) in [6.07, 6.45) is 0. The van der Waals surface area contributed by atoms with Crippen molar-refractivity contribution >= 4 is 10.2 Å². The van der Waals surface area contributed by atoms with Crippen LogP contribution < -0.4 is 9.46 Å². The van der Waals surface area contributed by atoms with Crippen molar-refractivity contribution < 1.29 is 17.5 Å². The van der Waals surface area contributed by atoms with Gasteiger partial charge < -0.3 is 4.74 Å². The van der Waals surface area contributed by atoms with E-state index in [-0.39, 0.29) is 17.8 Å². The molecule has 25 heavy (non-hydrogen) atoms. The molecule has 0 aromatic heterocycles. The highest BCUT2D eigenvalue weighted by atomic mass is 32.2. The summed E-state index contributed by atoms with van der Waals surface area (Å²) in [5.74, 6) is 0.818. The van der Waals surface area contributed by atoms with Crippen molar-refractivity contribution in [3.63, 3.8) is 0 Å². The molecule has 2 rings (SSSR count). The third-order valence-corrected chi connectivity index (χ3v) is 6.29. The Balaban J connectivity index is 2.14. The molecular weight excluding hydrogens is 345 g/mol. The molecule has 0 unspecified atom stereocenters. The summed E-state index contributed by atoms with van der Waals surface area (Å²) >= 11 is 0. The van der Waals surface area contributed by atoms with Gasteiger partial charge in [0.1, 0.15) is 11.6 Å². The van der Waals surface area contributed by atoms with Gasteiger partial charge in [0, 0.05) is 45.3 Å². The summed E-state index contributed by atoms with van der Waals surface area (Å²) in [5, 5.41) is 0. The molecule has 1 aliphatic heterocycles. The molecule has 142 valence electrons. The quantitative estimate of drug-likeness (QED) is 0.790. The molecule has 1 aromatic carbocycles. The van der Waals surface area contributed by atoms with Crippen molar-refractivity contribution in [2.24, 2.45) is 11.8 Å². The summed E-state index contributed by atoms with van der Waals surface area (Å²) in [6, 6.07) is 4.49. The van der Waals surface area contributed by atoms with Crippen molar-refractivity contribution in [3.05, 3.63) is 29.6 Å². The Morgan fingerprint density at radius 2 is 2.04 bits per heavy atom. The van der Waals surface area contributed by atoms with E-state index in [0.29, 0.717) is 30.3 Å². The number of benzene rings is 1. The lowest BCUT2D eigenvalue weighted by atomic mass is 9.92. The van der Waals surface area contributed by atoms with Crippen molar-refractivity contribution in [1.29, 1.82) is 0 Å². The van der Waals surface area contributed by atoms with Crippen molar-refractivity contribution in [2.75, 3.05) is 34.3 Å². The smallest absolute Gasteiger partial charge is 0.279 e. The van der Waals surface area contributed by atoms with Gasteiger partial charge in [0.2, 0.25) is 0 Å². The van der Waals surface area contributed by atoms with E-state index in [9.17, 15) is 12.8 Å². The van der Waals surface area contributed by atoms with E-state index in [1.165, 1.54) is 24.5 Å². The Kier molecular flexibility index (Phi) is 6.42. The highest BCUT2D eigenvalue weighted by Gasteiger charge is 2.37. The normalized spacial score (nSPS) is 22.1. The van der Waals surface area contributed by atoms with Gasteiger partial charge in [-0.25, -0.2) is 4.39 Å². The zero-order valence-electron chi connectivity index (χ0n) is 15.5. The van der Waals surface area contributed by atoms with Gasteiger partial charge in [0.25, 0.3) is 10.2 Å². The number of methoxy groups -OCH3 is 1. The average Bonchev–Trinajstić information content (AvgIpc) is 2.91.